The molecule has 1 saturated heterocycles. The maximum Gasteiger partial charge on any atom is 0.0642 e. The van der Waals surface area contributed by atoms with Crippen LogP contribution in [0, 0.1) is 0 Å². The van der Waals surface area contributed by atoms with Gasteiger partial charge in [0.25, 0.3) is 0 Å². The first-order chi connectivity index (χ1) is 9.37. The molecule has 0 spiro atoms. The molecule has 1 aromatic carbocycles. The Morgan fingerprint density at radius 1 is 1.30 bits per heavy atom. The Kier molecular flexibility index (Phi) is 5.10. The van der Waals surface area contributed by atoms with E-state index in [2.05, 4.69) is 37.1 Å². The summed E-state index contributed by atoms with van der Waals surface area (Å²) in [6.07, 6.45) is 0. The van der Waals surface area contributed by atoms with Gasteiger partial charge in [0.1, 0.15) is 0 Å². The summed E-state index contributed by atoms with van der Waals surface area (Å²) >= 11 is 6.40. The average molecular weight is 315 g/mol. The summed E-state index contributed by atoms with van der Waals surface area (Å²) < 4.78 is 11.5. The van der Waals surface area contributed by atoms with E-state index >= 15 is 0 Å². The fourth-order valence-corrected chi connectivity index (χ4v) is 3.64. The van der Waals surface area contributed by atoms with Crippen LogP contribution >= 0.6 is 11.6 Å². The van der Waals surface area contributed by atoms with Crippen LogP contribution in [0.2, 0.25) is 5.02 Å². The van der Waals surface area contributed by atoms with Gasteiger partial charge in [-0.25, -0.2) is 0 Å². The Bertz CT molecular complexity index is 489. The van der Waals surface area contributed by atoms with E-state index in [9.17, 15) is 4.21 Å². The molecule has 1 aromatic rings. The van der Waals surface area contributed by atoms with Crippen molar-refractivity contribution in [1.29, 1.82) is 0 Å². The quantitative estimate of drug-likeness (QED) is 0.931. The van der Waals surface area contributed by atoms with Crippen molar-refractivity contribution < 1.29 is 4.21 Å². The molecule has 0 saturated carbocycles. The van der Waals surface area contributed by atoms with Gasteiger partial charge in [-0.2, -0.15) is 0 Å². The molecule has 5 heteroatoms. The molecule has 0 aliphatic carbocycles. The molecular weight excluding hydrogens is 292 g/mol. The summed E-state index contributed by atoms with van der Waals surface area (Å²) in [5.41, 5.74) is 2.38. The standard InChI is InChI=1S/C15H23ClN2OS/c1-15(2,3)17-11-12-5-4-6-13(16)14(12)18-7-9-20(19)10-8-18/h4-6,17H,7-11H2,1-3H3. The molecule has 3 nitrogen and oxygen atoms in total. The molecular formula is C15H23ClN2OS. The molecule has 1 aliphatic heterocycles. The molecule has 0 bridgehead atoms. The number of benzene rings is 1. The molecule has 20 heavy (non-hydrogen) atoms. The van der Waals surface area contributed by atoms with Crippen LogP contribution in [0.15, 0.2) is 18.2 Å². The molecule has 0 unspecified atom stereocenters. The minimum absolute atomic E-state index is 0.0724. The first-order valence-corrected chi connectivity index (χ1v) is 8.86. The maximum atomic E-state index is 11.5. The van der Waals surface area contributed by atoms with Crippen LogP contribution in [0.3, 0.4) is 0 Å². The summed E-state index contributed by atoms with van der Waals surface area (Å²) in [7, 11) is -0.666. The molecule has 0 radical (unpaired) electrons. The summed E-state index contributed by atoms with van der Waals surface area (Å²) in [5.74, 6) is 1.47. The van der Waals surface area contributed by atoms with E-state index < -0.39 is 10.8 Å². The monoisotopic (exact) mass is 314 g/mol. The molecule has 1 heterocycles. The van der Waals surface area contributed by atoms with Crippen LogP contribution in [-0.4, -0.2) is 34.3 Å². The summed E-state index contributed by atoms with van der Waals surface area (Å²) in [4.78, 5) is 2.27. The molecule has 112 valence electrons. The maximum absolute atomic E-state index is 11.5. The lowest BCUT2D eigenvalue weighted by atomic mass is 10.1. The van der Waals surface area contributed by atoms with Crippen molar-refractivity contribution in [3.8, 4) is 0 Å². The number of nitrogens with one attached hydrogen (secondary N) is 1. The number of halogens is 1. The SMILES string of the molecule is CC(C)(C)NCc1cccc(Cl)c1N1CCS(=O)CC1. The van der Waals surface area contributed by atoms with Crippen LogP contribution in [-0.2, 0) is 17.3 Å². The Morgan fingerprint density at radius 3 is 2.55 bits per heavy atom. The van der Waals surface area contributed by atoms with Crippen molar-refractivity contribution in [2.75, 3.05) is 29.5 Å². The van der Waals surface area contributed by atoms with Gasteiger partial charge in [0.2, 0.25) is 0 Å². The van der Waals surface area contributed by atoms with Crippen molar-refractivity contribution in [2.45, 2.75) is 32.9 Å². The van der Waals surface area contributed by atoms with Crippen LogP contribution in [0.25, 0.3) is 0 Å². The van der Waals surface area contributed by atoms with Crippen molar-refractivity contribution in [2.24, 2.45) is 0 Å². The molecule has 0 amide bonds. The van der Waals surface area contributed by atoms with E-state index in [0.29, 0.717) is 0 Å². The van der Waals surface area contributed by atoms with E-state index in [0.717, 1.165) is 41.8 Å². The minimum Gasteiger partial charge on any atom is -0.368 e. The van der Waals surface area contributed by atoms with Crippen LogP contribution in [0.5, 0.6) is 0 Å². The van der Waals surface area contributed by atoms with E-state index in [4.69, 9.17) is 11.6 Å². The first kappa shape index (κ1) is 15.8. The highest BCUT2D eigenvalue weighted by molar-refractivity contribution is 7.85. The number of nitrogens with zero attached hydrogens (tertiary/aromatic N) is 1. The van der Waals surface area contributed by atoms with E-state index in [1.807, 2.05) is 12.1 Å². The van der Waals surface area contributed by atoms with Crippen LogP contribution in [0.4, 0.5) is 5.69 Å². The smallest absolute Gasteiger partial charge is 0.0642 e. The van der Waals surface area contributed by atoms with Crippen molar-refractivity contribution >= 4 is 28.1 Å². The summed E-state index contributed by atoms with van der Waals surface area (Å²) in [6, 6.07) is 6.04. The van der Waals surface area contributed by atoms with Crippen molar-refractivity contribution in [3.05, 3.63) is 28.8 Å². The average Bonchev–Trinajstić information content (AvgIpc) is 2.37. The predicted molar refractivity (Wildman–Crippen MR) is 88.1 cm³/mol. The Balaban J connectivity index is 2.20. The van der Waals surface area contributed by atoms with Gasteiger partial charge in [-0.15, -0.1) is 0 Å². The van der Waals surface area contributed by atoms with Gasteiger partial charge in [0, 0.05) is 47.5 Å². The van der Waals surface area contributed by atoms with E-state index in [1.165, 1.54) is 5.56 Å². The van der Waals surface area contributed by atoms with E-state index in [1.54, 1.807) is 0 Å². The summed E-state index contributed by atoms with van der Waals surface area (Å²) in [5, 5.41) is 4.29. The second-order valence-electron chi connectivity index (χ2n) is 6.19. The highest BCUT2D eigenvalue weighted by Crippen LogP contribution is 2.31. The van der Waals surface area contributed by atoms with Gasteiger partial charge in [-0.3, -0.25) is 4.21 Å². The zero-order valence-electron chi connectivity index (χ0n) is 12.4. The molecule has 0 aromatic heterocycles. The minimum atomic E-state index is -0.666. The third-order valence-electron chi connectivity index (χ3n) is 3.37. The topological polar surface area (TPSA) is 32.3 Å². The molecule has 1 aliphatic rings. The second kappa shape index (κ2) is 6.46. The van der Waals surface area contributed by atoms with Crippen LogP contribution in [0.1, 0.15) is 26.3 Å². The highest BCUT2D eigenvalue weighted by Gasteiger charge is 2.21. The second-order valence-corrected chi connectivity index (χ2v) is 8.29. The number of rotatable bonds is 3. The summed E-state index contributed by atoms with van der Waals surface area (Å²) in [6.45, 7) is 8.89. The number of para-hydroxylation sites is 1. The zero-order valence-corrected chi connectivity index (χ0v) is 14.0. The molecule has 1 N–H and O–H groups in total. The Morgan fingerprint density at radius 2 is 1.95 bits per heavy atom. The lowest BCUT2D eigenvalue weighted by Gasteiger charge is -2.32. The van der Waals surface area contributed by atoms with Gasteiger partial charge < -0.3 is 10.2 Å². The van der Waals surface area contributed by atoms with Gasteiger partial charge in [-0.1, -0.05) is 23.7 Å². The lowest BCUT2D eigenvalue weighted by molar-refractivity contribution is 0.424. The highest BCUT2D eigenvalue weighted by atomic mass is 35.5. The lowest BCUT2D eigenvalue weighted by Crippen LogP contribution is -2.39. The normalized spacial score (nSPS) is 17.5. The third kappa shape index (κ3) is 4.21. The largest absolute Gasteiger partial charge is 0.368 e. The van der Waals surface area contributed by atoms with Gasteiger partial charge in [-0.05, 0) is 32.4 Å². The molecule has 0 atom stereocenters. The predicted octanol–water partition coefficient (Wildman–Crippen LogP) is 2.80. The fraction of sp³-hybridized carbons (Fsp3) is 0.600. The molecule has 2 rings (SSSR count). The fourth-order valence-electron chi connectivity index (χ4n) is 2.28. The van der Waals surface area contributed by atoms with E-state index in [-0.39, 0.29) is 5.54 Å². The Labute approximate surface area is 129 Å². The zero-order chi connectivity index (χ0) is 14.8. The number of anilines is 1. The van der Waals surface area contributed by atoms with Crippen molar-refractivity contribution in [3.63, 3.8) is 0 Å². The third-order valence-corrected chi connectivity index (χ3v) is 4.95. The Hall–Kier alpha value is -0.580. The van der Waals surface area contributed by atoms with Gasteiger partial charge in [0.15, 0.2) is 0 Å². The van der Waals surface area contributed by atoms with Crippen LogP contribution < -0.4 is 10.2 Å². The van der Waals surface area contributed by atoms with Gasteiger partial charge >= 0.3 is 0 Å². The number of hydrogen-bond donors (Lipinski definition) is 1. The molecule has 1 fully saturated rings. The van der Waals surface area contributed by atoms with Gasteiger partial charge in [0.05, 0.1) is 10.7 Å². The van der Waals surface area contributed by atoms with Crippen molar-refractivity contribution in [1.82, 2.24) is 5.32 Å². The number of hydrogen-bond acceptors (Lipinski definition) is 3. The first-order valence-electron chi connectivity index (χ1n) is 6.99.